The second-order valence-electron chi connectivity index (χ2n) is 6.45. The van der Waals surface area contributed by atoms with Crippen molar-refractivity contribution in [3.8, 4) is 0 Å². The Morgan fingerprint density at radius 1 is 1.33 bits per heavy atom. The van der Waals surface area contributed by atoms with Crippen molar-refractivity contribution in [1.82, 2.24) is 0 Å². The van der Waals surface area contributed by atoms with Gasteiger partial charge in [0.2, 0.25) is 5.91 Å². The largest absolute Gasteiger partial charge is 0.481 e. The predicted octanol–water partition coefficient (Wildman–Crippen LogP) is 3.91. The first-order valence-electron chi connectivity index (χ1n) is 6.98. The van der Waals surface area contributed by atoms with E-state index >= 15 is 0 Å². The van der Waals surface area contributed by atoms with Crippen molar-refractivity contribution < 1.29 is 14.7 Å². The Morgan fingerprint density at radius 2 is 2.00 bits per heavy atom. The minimum absolute atomic E-state index is 0.116. The highest BCUT2D eigenvalue weighted by atomic mass is 79.9. The average Bonchev–Trinajstić information content (AvgIpc) is 2.61. The van der Waals surface area contributed by atoms with Crippen molar-refractivity contribution in [2.24, 2.45) is 16.7 Å². The molecule has 1 aromatic carbocycles. The van der Waals surface area contributed by atoms with Crippen molar-refractivity contribution >= 4 is 33.5 Å². The van der Waals surface area contributed by atoms with E-state index in [2.05, 4.69) is 21.2 Å². The third-order valence-corrected chi connectivity index (χ3v) is 5.60. The number of carbonyl (C=O) groups excluding carboxylic acids is 1. The Hall–Kier alpha value is -1.36. The van der Waals surface area contributed by atoms with Gasteiger partial charge in [0.05, 0.1) is 11.3 Å². The second-order valence-corrected chi connectivity index (χ2v) is 7.36. The molecule has 2 atom stereocenters. The second kappa shape index (κ2) is 5.44. The summed E-state index contributed by atoms with van der Waals surface area (Å²) in [5.41, 5.74) is -0.571. The van der Waals surface area contributed by atoms with E-state index in [0.717, 1.165) is 4.47 Å². The van der Waals surface area contributed by atoms with E-state index in [9.17, 15) is 14.7 Å². The number of halogens is 1. The zero-order chi connectivity index (χ0) is 15.8. The van der Waals surface area contributed by atoms with Gasteiger partial charge in [0.1, 0.15) is 0 Å². The number of carboxylic acid groups (broad SMARTS) is 1. The first kappa shape index (κ1) is 16.0. The number of anilines is 1. The lowest BCUT2D eigenvalue weighted by atomic mass is 9.65. The first-order valence-corrected chi connectivity index (χ1v) is 7.77. The molecule has 5 heteroatoms. The number of hydrogen-bond acceptors (Lipinski definition) is 2. The summed E-state index contributed by atoms with van der Waals surface area (Å²) in [5, 5.41) is 12.3. The molecule has 0 bridgehead atoms. The smallest absolute Gasteiger partial charge is 0.307 e. The summed E-state index contributed by atoms with van der Waals surface area (Å²) in [4.78, 5) is 24.1. The van der Waals surface area contributed by atoms with Crippen molar-refractivity contribution in [2.45, 2.75) is 33.6 Å². The van der Waals surface area contributed by atoms with Crippen LogP contribution in [-0.2, 0) is 9.59 Å². The predicted molar refractivity (Wildman–Crippen MR) is 85.0 cm³/mol. The summed E-state index contributed by atoms with van der Waals surface area (Å²) >= 11 is 3.37. The summed E-state index contributed by atoms with van der Waals surface area (Å²) in [6.07, 6.45) is 1.11. The molecule has 0 heterocycles. The summed E-state index contributed by atoms with van der Waals surface area (Å²) in [7, 11) is 0. The van der Waals surface area contributed by atoms with Gasteiger partial charge in [0, 0.05) is 10.2 Å². The van der Waals surface area contributed by atoms with Gasteiger partial charge in [-0.15, -0.1) is 0 Å². The van der Waals surface area contributed by atoms with E-state index in [4.69, 9.17) is 0 Å². The third kappa shape index (κ3) is 2.71. The Kier molecular flexibility index (Phi) is 4.15. The zero-order valence-corrected chi connectivity index (χ0v) is 14.0. The van der Waals surface area contributed by atoms with Gasteiger partial charge in [-0.25, -0.2) is 0 Å². The quantitative estimate of drug-likeness (QED) is 0.865. The molecule has 114 valence electrons. The molecule has 0 aliphatic heterocycles. The van der Waals surface area contributed by atoms with Crippen LogP contribution < -0.4 is 5.32 Å². The number of carboxylic acids is 1. The maximum absolute atomic E-state index is 12.7. The van der Waals surface area contributed by atoms with Crippen molar-refractivity contribution in [3.63, 3.8) is 0 Å². The van der Waals surface area contributed by atoms with Gasteiger partial charge in [-0.2, -0.15) is 0 Å². The van der Waals surface area contributed by atoms with Crippen LogP contribution in [0.2, 0.25) is 0 Å². The first-order chi connectivity index (χ1) is 9.68. The standard InChI is InChI=1S/C16H20BrNO3/c1-15(2)12(13(19)20)7-8-16(15,3)14(21)18-11-6-4-5-10(17)9-11/h4-6,9,12H,7-8H2,1-3H3,(H,18,21)(H,19,20)/t12-,16+/m0/s1. The van der Waals surface area contributed by atoms with Crippen LogP contribution in [0.4, 0.5) is 5.69 Å². The van der Waals surface area contributed by atoms with Crippen molar-refractivity contribution in [3.05, 3.63) is 28.7 Å². The summed E-state index contributed by atoms with van der Waals surface area (Å²) in [6.45, 7) is 5.61. The van der Waals surface area contributed by atoms with Gasteiger partial charge in [-0.05, 0) is 36.5 Å². The van der Waals surface area contributed by atoms with Gasteiger partial charge >= 0.3 is 5.97 Å². The minimum Gasteiger partial charge on any atom is -0.481 e. The Balaban J connectivity index is 2.24. The number of amides is 1. The van der Waals surface area contributed by atoms with Crippen LogP contribution in [0.3, 0.4) is 0 Å². The van der Waals surface area contributed by atoms with E-state index < -0.39 is 22.7 Å². The summed E-state index contributed by atoms with van der Waals surface area (Å²) < 4.78 is 0.888. The highest BCUT2D eigenvalue weighted by molar-refractivity contribution is 9.10. The molecule has 1 aromatic rings. The summed E-state index contributed by atoms with van der Waals surface area (Å²) in [6, 6.07) is 7.39. The van der Waals surface area contributed by atoms with E-state index in [0.29, 0.717) is 18.5 Å². The molecule has 0 saturated heterocycles. The molecular formula is C16H20BrNO3. The molecule has 1 fully saturated rings. The van der Waals surface area contributed by atoms with E-state index in [1.807, 2.05) is 45.0 Å². The number of benzene rings is 1. The lowest BCUT2D eigenvalue weighted by molar-refractivity contribution is -0.147. The van der Waals surface area contributed by atoms with Crippen LogP contribution in [-0.4, -0.2) is 17.0 Å². The molecule has 0 aromatic heterocycles. The zero-order valence-electron chi connectivity index (χ0n) is 12.4. The monoisotopic (exact) mass is 353 g/mol. The van der Waals surface area contributed by atoms with Gasteiger partial charge in [0.15, 0.2) is 0 Å². The SMILES string of the molecule is CC1(C)[C@H](C(=O)O)CC[C@]1(C)C(=O)Nc1cccc(Br)c1. The van der Waals surface area contributed by atoms with Crippen molar-refractivity contribution in [2.75, 3.05) is 5.32 Å². The number of hydrogen-bond donors (Lipinski definition) is 2. The van der Waals surface area contributed by atoms with Crippen LogP contribution in [0.1, 0.15) is 33.6 Å². The normalized spacial score (nSPS) is 27.3. The Bertz CT molecular complexity index is 585. The maximum atomic E-state index is 12.7. The molecule has 1 aliphatic carbocycles. The molecule has 21 heavy (non-hydrogen) atoms. The highest BCUT2D eigenvalue weighted by Gasteiger charge is 2.58. The van der Waals surface area contributed by atoms with Gasteiger partial charge in [0.25, 0.3) is 0 Å². The fourth-order valence-electron chi connectivity index (χ4n) is 3.17. The average molecular weight is 354 g/mol. The number of carbonyl (C=O) groups is 2. The fourth-order valence-corrected chi connectivity index (χ4v) is 3.57. The molecule has 1 saturated carbocycles. The molecule has 0 radical (unpaired) electrons. The lowest BCUT2D eigenvalue weighted by Crippen LogP contribution is -2.45. The molecule has 4 nitrogen and oxygen atoms in total. The van der Waals surface area contributed by atoms with E-state index in [1.165, 1.54) is 0 Å². The lowest BCUT2D eigenvalue weighted by Gasteiger charge is -2.39. The van der Waals surface area contributed by atoms with Crippen molar-refractivity contribution in [1.29, 1.82) is 0 Å². The molecule has 2 rings (SSSR count). The van der Waals surface area contributed by atoms with E-state index in [-0.39, 0.29) is 5.91 Å². The molecule has 0 unspecified atom stereocenters. The Labute approximate surface area is 133 Å². The van der Waals surface area contributed by atoms with Crippen LogP contribution in [0.25, 0.3) is 0 Å². The Morgan fingerprint density at radius 3 is 2.52 bits per heavy atom. The molecule has 0 spiro atoms. The van der Waals surface area contributed by atoms with Crippen LogP contribution in [0.15, 0.2) is 28.7 Å². The summed E-state index contributed by atoms with van der Waals surface area (Å²) in [5.74, 6) is -1.43. The fraction of sp³-hybridized carbons (Fsp3) is 0.500. The van der Waals surface area contributed by atoms with Gasteiger partial charge in [-0.1, -0.05) is 42.8 Å². The molecule has 1 amide bonds. The van der Waals surface area contributed by atoms with E-state index in [1.54, 1.807) is 0 Å². The minimum atomic E-state index is -0.820. The van der Waals surface area contributed by atoms with Gasteiger partial charge < -0.3 is 10.4 Å². The topological polar surface area (TPSA) is 66.4 Å². The van der Waals surface area contributed by atoms with Gasteiger partial charge in [-0.3, -0.25) is 9.59 Å². The number of rotatable bonds is 3. The third-order valence-electron chi connectivity index (χ3n) is 5.11. The number of aliphatic carboxylic acids is 1. The van der Waals surface area contributed by atoms with Crippen LogP contribution in [0.5, 0.6) is 0 Å². The van der Waals surface area contributed by atoms with Crippen LogP contribution >= 0.6 is 15.9 Å². The molecule has 2 N–H and O–H groups in total. The maximum Gasteiger partial charge on any atom is 0.307 e. The molecule has 1 aliphatic rings. The highest BCUT2D eigenvalue weighted by Crippen LogP contribution is 2.56. The van der Waals surface area contributed by atoms with Crippen LogP contribution in [0, 0.1) is 16.7 Å². The molecular weight excluding hydrogens is 334 g/mol. The number of nitrogens with one attached hydrogen (secondary N) is 1.